The number of carbonyl (C=O) groups excluding carboxylic acids is 1. The zero-order chi connectivity index (χ0) is 17.4. The summed E-state index contributed by atoms with van der Waals surface area (Å²) in [6.07, 6.45) is 3.14. The van der Waals surface area contributed by atoms with Crippen molar-refractivity contribution in [2.24, 2.45) is 11.7 Å². The lowest BCUT2D eigenvalue weighted by Gasteiger charge is -2.32. The quantitative estimate of drug-likeness (QED) is 0.881. The van der Waals surface area contributed by atoms with Gasteiger partial charge in [0.2, 0.25) is 5.91 Å². The number of carbonyl (C=O) groups is 1. The summed E-state index contributed by atoms with van der Waals surface area (Å²) in [5, 5.41) is 0.478. The highest BCUT2D eigenvalue weighted by molar-refractivity contribution is 7.93. The van der Waals surface area contributed by atoms with Gasteiger partial charge in [0, 0.05) is 18.1 Å². The third-order valence-corrected chi connectivity index (χ3v) is 8.10. The average molecular weight is 371 g/mol. The maximum atomic E-state index is 13.3. The lowest BCUT2D eigenvalue weighted by Crippen LogP contribution is -2.51. The van der Waals surface area contributed by atoms with Crippen LogP contribution in [-0.4, -0.2) is 43.6 Å². The van der Waals surface area contributed by atoms with E-state index in [1.165, 1.54) is 12.1 Å². The normalized spacial score (nSPS) is 23.6. The van der Waals surface area contributed by atoms with Gasteiger partial charge in [-0.3, -0.25) is 4.79 Å². The number of likely N-dealkylation sites (tertiary alicyclic amines) is 1. The van der Waals surface area contributed by atoms with Crippen molar-refractivity contribution < 1.29 is 13.2 Å². The molecular weight excluding hydrogens is 348 g/mol. The molecule has 0 radical (unpaired) electrons. The van der Waals surface area contributed by atoms with Gasteiger partial charge in [0.05, 0.1) is 4.90 Å². The summed E-state index contributed by atoms with van der Waals surface area (Å²) in [6.45, 7) is 1.69. The molecule has 1 atom stereocenters. The van der Waals surface area contributed by atoms with E-state index in [0.717, 1.165) is 19.3 Å². The van der Waals surface area contributed by atoms with Crippen molar-refractivity contribution >= 4 is 27.3 Å². The van der Waals surface area contributed by atoms with E-state index in [1.54, 1.807) is 17.0 Å². The first-order valence-electron chi connectivity index (χ1n) is 8.40. The van der Waals surface area contributed by atoms with Gasteiger partial charge < -0.3 is 10.6 Å². The molecule has 1 heterocycles. The molecule has 1 amide bonds. The SMILES string of the molecule is NCC1CCN(C(=O)C2(S(=O)(=O)c3ccc(Cl)cc3)CCCC2)C1. The number of rotatable bonds is 4. The second-order valence-corrected chi connectivity index (χ2v) is 9.50. The Kier molecular flexibility index (Phi) is 4.91. The molecule has 1 aliphatic heterocycles. The molecule has 3 rings (SSSR count). The van der Waals surface area contributed by atoms with E-state index in [1.807, 2.05) is 0 Å². The first-order chi connectivity index (χ1) is 11.4. The molecule has 1 aromatic rings. The van der Waals surface area contributed by atoms with Crippen molar-refractivity contribution in [2.75, 3.05) is 19.6 Å². The van der Waals surface area contributed by atoms with Gasteiger partial charge >= 0.3 is 0 Å². The third-order valence-electron chi connectivity index (χ3n) is 5.35. The Morgan fingerprint density at radius 3 is 2.42 bits per heavy atom. The molecule has 2 fully saturated rings. The minimum absolute atomic E-state index is 0.178. The Morgan fingerprint density at radius 1 is 1.25 bits per heavy atom. The van der Waals surface area contributed by atoms with Gasteiger partial charge in [0.1, 0.15) is 0 Å². The highest BCUT2D eigenvalue weighted by Crippen LogP contribution is 2.42. The molecule has 1 aromatic carbocycles. The van der Waals surface area contributed by atoms with E-state index in [9.17, 15) is 13.2 Å². The van der Waals surface area contributed by atoms with Crippen LogP contribution in [0.15, 0.2) is 29.2 Å². The second kappa shape index (κ2) is 6.65. The Labute approximate surface area is 148 Å². The maximum absolute atomic E-state index is 13.3. The number of amides is 1. The molecular formula is C17H23ClN2O3S. The van der Waals surface area contributed by atoms with E-state index in [0.29, 0.717) is 37.5 Å². The van der Waals surface area contributed by atoms with Crippen LogP contribution < -0.4 is 5.73 Å². The standard InChI is InChI=1S/C17H23ClN2O3S/c18-14-3-5-15(6-4-14)24(22,23)17(8-1-2-9-17)16(21)20-10-7-13(11-19)12-20/h3-6,13H,1-2,7-12,19H2. The fraction of sp³-hybridized carbons (Fsp3) is 0.588. The Bertz CT molecular complexity index is 712. The summed E-state index contributed by atoms with van der Waals surface area (Å²) >= 11 is 5.87. The van der Waals surface area contributed by atoms with Crippen LogP contribution in [0, 0.1) is 5.92 Å². The van der Waals surface area contributed by atoms with Gasteiger partial charge in [-0.25, -0.2) is 8.42 Å². The monoisotopic (exact) mass is 370 g/mol. The molecule has 24 heavy (non-hydrogen) atoms. The molecule has 1 unspecified atom stereocenters. The van der Waals surface area contributed by atoms with Crippen molar-refractivity contribution in [1.82, 2.24) is 4.90 Å². The van der Waals surface area contributed by atoms with E-state index >= 15 is 0 Å². The van der Waals surface area contributed by atoms with Crippen LogP contribution in [0.1, 0.15) is 32.1 Å². The zero-order valence-corrected chi connectivity index (χ0v) is 15.2. The number of sulfone groups is 1. The molecule has 0 aromatic heterocycles. The number of hydrogen-bond acceptors (Lipinski definition) is 4. The molecule has 1 aliphatic carbocycles. The van der Waals surface area contributed by atoms with Crippen molar-refractivity contribution in [3.05, 3.63) is 29.3 Å². The third kappa shape index (κ3) is 2.85. The first kappa shape index (κ1) is 17.7. The molecule has 1 saturated heterocycles. The maximum Gasteiger partial charge on any atom is 0.244 e. The van der Waals surface area contributed by atoms with Crippen LogP contribution in [-0.2, 0) is 14.6 Å². The van der Waals surface area contributed by atoms with Gasteiger partial charge in [0.25, 0.3) is 0 Å². The predicted octanol–water partition coefficient (Wildman–Crippen LogP) is 2.23. The minimum Gasteiger partial charge on any atom is -0.341 e. The molecule has 0 spiro atoms. The summed E-state index contributed by atoms with van der Waals surface area (Å²) in [6, 6.07) is 6.11. The fourth-order valence-electron chi connectivity index (χ4n) is 3.88. The highest BCUT2D eigenvalue weighted by Gasteiger charge is 2.55. The van der Waals surface area contributed by atoms with Crippen LogP contribution in [0.3, 0.4) is 0 Å². The summed E-state index contributed by atoms with van der Waals surface area (Å²) in [5.74, 6) is 0.0246. The van der Waals surface area contributed by atoms with E-state index < -0.39 is 14.6 Å². The number of nitrogens with zero attached hydrogens (tertiary/aromatic N) is 1. The lowest BCUT2D eigenvalue weighted by atomic mass is 10.1. The summed E-state index contributed by atoms with van der Waals surface area (Å²) in [4.78, 5) is 15.1. The van der Waals surface area contributed by atoms with Crippen LogP contribution in [0.4, 0.5) is 0 Å². The Balaban J connectivity index is 1.96. The number of nitrogens with two attached hydrogens (primary N) is 1. The predicted molar refractivity (Wildman–Crippen MR) is 93.6 cm³/mol. The van der Waals surface area contributed by atoms with Crippen LogP contribution in [0.5, 0.6) is 0 Å². The van der Waals surface area contributed by atoms with Crippen molar-refractivity contribution in [1.29, 1.82) is 0 Å². The van der Waals surface area contributed by atoms with E-state index in [2.05, 4.69) is 0 Å². The molecule has 132 valence electrons. The largest absolute Gasteiger partial charge is 0.341 e. The zero-order valence-electron chi connectivity index (χ0n) is 13.6. The fourth-order valence-corrected chi connectivity index (χ4v) is 6.14. The molecule has 2 N–H and O–H groups in total. The number of benzene rings is 1. The van der Waals surface area contributed by atoms with E-state index in [-0.39, 0.29) is 16.7 Å². The summed E-state index contributed by atoms with van der Waals surface area (Å²) in [7, 11) is -3.76. The Hall–Kier alpha value is -1.11. The average Bonchev–Trinajstić information content (AvgIpc) is 3.25. The number of halogens is 1. The van der Waals surface area contributed by atoms with Gasteiger partial charge in [-0.2, -0.15) is 0 Å². The molecule has 5 nitrogen and oxygen atoms in total. The second-order valence-electron chi connectivity index (χ2n) is 6.80. The topological polar surface area (TPSA) is 80.5 Å². The summed E-state index contributed by atoms with van der Waals surface area (Å²) < 4.78 is 25.3. The lowest BCUT2D eigenvalue weighted by molar-refractivity contribution is -0.133. The van der Waals surface area contributed by atoms with Crippen molar-refractivity contribution in [3.8, 4) is 0 Å². The van der Waals surface area contributed by atoms with E-state index in [4.69, 9.17) is 17.3 Å². The van der Waals surface area contributed by atoms with Gasteiger partial charge in [-0.05, 0) is 56.0 Å². The molecule has 0 bridgehead atoms. The van der Waals surface area contributed by atoms with Crippen LogP contribution in [0.25, 0.3) is 0 Å². The van der Waals surface area contributed by atoms with Crippen LogP contribution in [0.2, 0.25) is 5.02 Å². The molecule has 7 heteroatoms. The van der Waals surface area contributed by atoms with Crippen molar-refractivity contribution in [3.63, 3.8) is 0 Å². The van der Waals surface area contributed by atoms with Crippen molar-refractivity contribution in [2.45, 2.75) is 41.7 Å². The Morgan fingerprint density at radius 2 is 1.88 bits per heavy atom. The number of hydrogen-bond donors (Lipinski definition) is 1. The summed E-state index contributed by atoms with van der Waals surface area (Å²) in [5.41, 5.74) is 5.70. The molecule has 1 saturated carbocycles. The van der Waals surface area contributed by atoms with Gasteiger partial charge in [-0.15, -0.1) is 0 Å². The minimum atomic E-state index is -3.76. The first-order valence-corrected chi connectivity index (χ1v) is 10.3. The van der Waals surface area contributed by atoms with Gasteiger partial charge in [0.15, 0.2) is 14.6 Å². The van der Waals surface area contributed by atoms with Gasteiger partial charge in [-0.1, -0.05) is 24.4 Å². The smallest absolute Gasteiger partial charge is 0.244 e. The highest BCUT2D eigenvalue weighted by atomic mass is 35.5. The van der Waals surface area contributed by atoms with Crippen LogP contribution >= 0.6 is 11.6 Å². The molecule has 2 aliphatic rings.